The lowest BCUT2D eigenvalue weighted by Crippen LogP contribution is -2.04. The smallest absolute Gasteiger partial charge is 0.129 e. The maximum absolute atomic E-state index is 5.82. The first-order valence-corrected chi connectivity index (χ1v) is 5.57. The van der Waals surface area contributed by atoms with E-state index >= 15 is 0 Å². The summed E-state index contributed by atoms with van der Waals surface area (Å²) in [5.41, 5.74) is 3.58. The number of epoxide rings is 1. The monoisotopic (exact) mass is 217 g/mol. The van der Waals surface area contributed by atoms with Crippen LogP contribution in [0.1, 0.15) is 11.1 Å². The molecule has 2 aromatic rings. The van der Waals surface area contributed by atoms with Gasteiger partial charge in [0.1, 0.15) is 18.5 Å². The van der Waals surface area contributed by atoms with Crippen LogP contribution in [-0.2, 0) is 4.74 Å². The van der Waals surface area contributed by atoms with E-state index in [9.17, 15) is 0 Å². The predicted octanol–water partition coefficient (Wildman–Crippen LogP) is 2.56. The van der Waals surface area contributed by atoms with Crippen LogP contribution in [0.15, 0.2) is 18.3 Å². The fraction of sp³-hybridized carbons (Fsp3) is 0.385. The summed E-state index contributed by atoms with van der Waals surface area (Å²) in [4.78, 5) is 3.26. The van der Waals surface area contributed by atoms with Gasteiger partial charge in [-0.25, -0.2) is 0 Å². The minimum Gasteiger partial charge on any atom is -0.490 e. The van der Waals surface area contributed by atoms with Crippen LogP contribution in [0, 0.1) is 13.8 Å². The third kappa shape index (κ3) is 1.67. The first-order chi connectivity index (χ1) is 7.74. The van der Waals surface area contributed by atoms with Crippen LogP contribution < -0.4 is 4.74 Å². The SMILES string of the molecule is Cc1cc(OCC2CO2)c2c(C)c[nH]c2c1. The van der Waals surface area contributed by atoms with Crippen LogP contribution in [0.5, 0.6) is 5.75 Å². The van der Waals surface area contributed by atoms with E-state index in [2.05, 4.69) is 31.0 Å². The number of hydrogen-bond donors (Lipinski definition) is 1. The van der Waals surface area contributed by atoms with Crippen molar-refractivity contribution in [1.82, 2.24) is 4.98 Å². The predicted molar refractivity (Wildman–Crippen MR) is 63.0 cm³/mol. The van der Waals surface area contributed by atoms with Gasteiger partial charge < -0.3 is 14.5 Å². The molecule has 1 aliphatic heterocycles. The minimum atomic E-state index is 0.301. The molecule has 2 heterocycles. The molecule has 1 saturated heterocycles. The average Bonchev–Trinajstić information content (AvgIpc) is 3.00. The molecule has 0 aliphatic carbocycles. The lowest BCUT2D eigenvalue weighted by atomic mass is 10.1. The first-order valence-electron chi connectivity index (χ1n) is 5.57. The quantitative estimate of drug-likeness (QED) is 0.802. The van der Waals surface area contributed by atoms with E-state index in [1.54, 1.807) is 0 Å². The summed E-state index contributed by atoms with van der Waals surface area (Å²) >= 11 is 0. The maximum Gasteiger partial charge on any atom is 0.129 e. The molecule has 0 radical (unpaired) electrons. The van der Waals surface area contributed by atoms with Gasteiger partial charge in [-0.05, 0) is 37.1 Å². The highest BCUT2D eigenvalue weighted by atomic mass is 16.6. The second kappa shape index (κ2) is 3.52. The van der Waals surface area contributed by atoms with E-state index in [1.807, 2.05) is 6.20 Å². The van der Waals surface area contributed by atoms with Crippen molar-refractivity contribution in [3.8, 4) is 5.75 Å². The molecule has 3 rings (SSSR count). The molecule has 1 atom stereocenters. The first kappa shape index (κ1) is 9.73. The molecular weight excluding hydrogens is 202 g/mol. The van der Waals surface area contributed by atoms with Crippen LogP contribution in [0.25, 0.3) is 10.9 Å². The number of benzene rings is 1. The van der Waals surface area contributed by atoms with Gasteiger partial charge in [0.25, 0.3) is 0 Å². The van der Waals surface area contributed by atoms with Crippen LogP contribution >= 0.6 is 0 Å². The summed E-state index contributed by atoms with van der Waals surface area (Å²) in [5, 5.41) is 1.19. The number of rotatable bonds is 3. The minimum absolute atomic E-state index is 0.301. The highest BCUT2D eigenvalue weighted by molar-refractivity contribution is 5.89. The van der Waals surface area contributed by atoms with E-state index in [-0.39, 0.29) is 0 Å². The Morgan fingerprint density at radius 3 is 3.00 bits per heavy atom. The Morgan fingerprint density at radius 1 is 1.44 bits per heavy atom. The summed E-state index contributed by atoms with van der Waals surface area (Å²) in [7, 11) is 0. The summed E-state index contributed by atoms with van der Waals surface area (Å²) in [5.74, 6) is 0.962. The number of aromatic amines is 1. The number of aryl methyl sites for hydroxylation is 2. The average molecular weight is 217 g/mol. The lowest BCUT2D eigenvalue weighted by molar-refractivity contribution is 0.265. The van der Waals surface area contributed by atoms with E-state index in [1.165, 1.54) is 16.5 Å². The lowest BCUT2D eigenvalue weighted by Gasteiger charge is -2.08. The molecule has 1 unspecified atom stereocenters. The molecule has 0 spiro atoms. The Kier molecular flexibility index (Phi) is 2.14. The standard InChI is InChI=1S/C13H15NO2/c1-8-3-11-13(9(2)5-14-11)12(4-8)16-7-10-6-15-10/h3-5,10,14H,6-7H2,1-2H3. The molecule has 0 amide bonds. The van der Waals surface area contributed by atoms with Crippen LogP contribution in [0.4, 0.5) is 0 Å². The van der Waals surface area contributed by atoms with Gasteiger partial charge in [0.05, 0.1) is 6.61 Å². The van der Waals surface area contributed by atoms with Crippen molar-refractivity contribution in [2.45, 2.75) is 20.0 Å². The van der Waals surface area contributed by atoms with E-state index < -0.39 is 0 Å². The van der Waals surface area contributed by atoms with Gasteiger partial charge in [0.2, 0.25) is 0 Å². The van der Waals surface area contributed by atoms with Crippen LogP contribution in [-0.4, -0.2) is 24.3 Å². The van der Waals surface area contributed by atoms with Gasteiger partial charge in [0, 0.05) is 17.1 Å². The molecule has 1 aromatic heterocycles. The zero-order valence-electron chi connectivity index (χ0n) is 9.54. The Hall–Kier alpha value is -1.48. The number of H-pyrrole nitrogens is 1. The highest BCUT2D eigenvalue weighted by Crippen LogP contribution is 2.30. The number of nitrogens with one attached hydrogen (secondary N) is 1. The highest BCUT2D eigenvalue weighted by Gasteiger charge is 2.23. The zero-order valence-corrected chi connectivity index (χ0v) is 9.54. The van der Waals surface area contributed by atoms with Gasteiger partial charge in [-0.2, -0.15) is 0 Å². The Bertz CT molecular complexity index is 526. The summed E-state index contributed by atoms with van der Waals surface area (Å²) < 4.78 is 11.0. The Balaban J connectivity index is 2.01. The van der Waals surface area contributed by atoms with Crippen molar-refractivity contribution in [3.05, 3.63) is 29.5 Å². The van der Waals surface area contributed by atoms with E-state index in [0.29, 0.717) is 12.7 Å². The van der Waals surface area contributed by atoms with Crippen molar-refractivity contribution in [2.24, 2.45) is 0 Å². The zero-order chi connectivity index (χ0) is 11.1. The second-order valence-electron chi connectivity index (χ2n) is 4.42. The van der Waals surface area contributed by atoms with Crippen molar-refractivity contribution in [3.63, 3.8) is 0 Å². The molecule has 1 aliphatic rings. The van der Waals surface area contributed by atoms with Crippen molar-refractivity contribution in [1.29, 1.82) is 0 Å². The molecule has 1 aromatic carbocycles. The molecule has 1 N–H and O–H groups in total. The van der Waals surface area contributed by atoms with Crippen LogP contribution in [0.2, 0.25) is 0 Å². The summed E-state index contributed by atoms with van der Waals surface area (Å²) in [6.07, 6.45) is 2.32. The van der Waals surface area contributed by atoms with Crippen LogP contribution in [0.3, 0.4) is 0 Å². The second-order valence-corrected chi connectivity index (χ2v) is 4.42. The topological polar surface area (TPSA) is 37.5 Å². The molecule has 3 heteroatoms. The largest absolute Gasteiger partial charge is 0.490 e. The maximum atomic E-state index is 5.82. The van der Waals surface area contributed by atoms with E-state index in [0.717, 1.165) is 17.9 Å². The summed E-state index contributed by atoms with van der Waals surface area (Å²) in [6, 6.07) is 4.23. The molecule has 0 saturated carbocycles. The Labute approximate surface area is 94.4 Å². The fourth-order valence-corrected chi connectivity index (χ4v) is 1.99. The molecule has 0 bridgehead atoms. The molecule has 16 heavy (non-hydrogen) atoms. The fourth-order valence-electron chi connectivity index (χ4n) is 1.99. The Morgan fingerprint density at radius 2 is 2.25 bits per heavy atom. The van der Waals surface area contributed by atoms with Gasteiger partial charge in [0.15, 0.2) is 0 Å². The van der Waals surface area contributed by atoms with Gasteiger partial charge in [-0.3, -0.25) is 0 Å². The van der Waals surface area contributed by atoms with E-state index in [4.69, 9.17) is 9.47 Å². The third-order valence-corrected chi connectivity index (χ3v) is 2.91. The summed E-state index contributed by atoms with van der Waals surface area (Å²) in [6.45, 7) is 5.66. The molecule has 84 valence electrons. The van der Waals surface area contributed by atoms with Crippen molar-refractivity contribution >= 4 is 10.9 Å². The number of ether oxygens (including phenoxy) is 2. The van der Waals surface area contributed by atoms with Gasteiger partial charge >= 0.3 is 0 Å². The normalized spacial score (nSPS) is 19.0. The van der Waals surface area contributed by atoms with Crippen molar-refractivity contribution in [2.75, 3.05) is 13.2 Å². The number of hydrogen-bond acceptors (Lipinski definition) is 2. The third-order valence-electron chi connectivity index (χ3n) is 2.91. The van der Waals surface area contributed by atoms with Crippen molar-refractivity contribution < 1.29 is 9.47 Å². The van der Waals surface area contributed by atoms with Gasteiger partial charge in [-0.1, -0.05) is 0 Å². The molecular formula is C13H15NO2. The molecule has 3 nitrogen and oxygen atoms in total. The van der Waals surface area contributed by atoms with Gasteiger partial charge in [-0.15, -0.1) is 0 Å². The molecule has 1 fully saturated rings. The number of aromatic nitrogens is 1. The number of fused-ring (bicyclic) bond motifs is 1.